The minimum Gasteiger partial charge on any atom is -0.463 e. The van der Waals surface area contributed by atoms with Gasteiger partial charge in [-0.1, -0.05) is 18.2 Å². The molecule has 0 radical (unpaired) electrons. The van der Waals surface area contributed by atoms with Crippen molar-refractivity contribution < 1.29 is 27.9 Å². The number of furan rings is 1. The Morgan fingerprint density at radius 3 is 2.74 bits per heavy atom. The van der Waals surface area contributed by atoms with E-state index in [1.165, 1.54) is 25.3 Å². The molecule has 2 aromatic rings. The molecule has 0 saturated carbocycles. The Kier molecular flexibility index (Phi) is 5.30. The molecule has 1 aromatic heterocycles. The third-order valence-corrected chi connectivity index (χ3v) is 3.00. The maximum Gasteiger partial charge on any atom is 0.374 e. The van der Waals surface area contributed by atoms with E-state index in [0.29, 0.717) is 11.3 Å². The summed E-state index contributed by atoms with van der Waals surface area (Å²) in [7, 11) is 1.25. The van der Waals surface area contributed by atoms with E-state index in [1.54, 1.807) is 25.1 Å². The van der Waals surface area contributed by atoms with Gasteiger partial charge in [-0.25, -0.2) is 14.0 Å². The van der Waals surface area contributed by atoms with Crippen molar-refractivity contribution in [3.8, 4) is 0 Å². The van der Waals surface area contributed by atoms with Crippen molar-refractivity contribution in [2.45, 2.75) is 13.5 Å². The van der Waals surface area contributed by atoms with Crippen molar-refractivity contribution in [2.75, 3.05) is 7.11 Å². The van der Waals surface area contributed by atoms with E-state index < -0.39 is 17.8 Å². The molecule has 0 unspecified atom stereocenters. The van der Waals surface area contributed by atoms with E-state index in [9.17, 15) is 14.0 Å². The van der Waals surface area contributed by atoms with Crippen LogP contribution in [0.5, 0.6) is 0 Å². The highest BCUT2D eigenvalue weighted by molar-refractivity contribution is 5.88. The van der Waals surface area contributed by atoms with E-state index in [4.69, 9.17) is 9.15 Å². The molecule has 1 heterocycles. The third kappa shape index (κ3) is 4.29. The summed E-state index contributed by atoms with van der Waals surface area (Å²) in [5, 5.41) is 0. The molecular formula is C17H15FO5. The molecule has 0 saturated heterocycles. The monoisotopic (exact) mass is 318 g/mol. The van der Waals surface area contributed by atoms with Crippen LogP contribution >= 0.6 is 0 Å². The summed E-state index contributed by atoms with van der Waals surface area (Å²) in [5.74, 6) is -1.29. The molecular weight excluding hydrogens is 303 g/mol. The molecule has 0 aliphatic rings. The van der Waals surface area contributed by atoms with Crippen LogP contribution in [-0.4, -0.2) is 19.0 Å². The zero-order chi connectivity index (χ0) is 16.8. The summed E-state index contributed by atoms with van der Waals surface area (Å²) in [6.07, 6.45) is 2.44. The molecule has 0 bridgehead atoms. The Balaban J connectivity index is 1.95. The summed E-state index contributed by atoms with van der Waals surface area (Å²) >= 11 is 0. The second-order valence-electron chi connectivity index (χ2n) is 4.68. The van der Waals surface area contributed by atoms with Crippen molar-refractivity contribution in [1.82, 2.24) is 0 Å². The molecule has 0 aliphatic heterocycles. The zero-order valence-electron chi connectivity index (χ0n) is 12.7. The van der Waals surface area contributed by atoms with Crippen LogP contribution in [0.15, 0.2) is 40.8 Å². The predicted molar refractivity (Wildman–Crippen MR) is 80.0 cm³/mol. The summed E-state index contributed by atoms with van der Waals surface area (Å²) in [4.78, 5) is 23.0. The van der Waals surface area contributed by atoms with Gasteiger partial charge in [-0.2, -0.15) is 0 Å². The number of benzene rings is 1. The minimum atomic E-state index is -0.651. The second-order valence-corrected chi connectivity index (χ2v) is 4.68. The molecule has 0 fully saturated rings. The minimum absolute atomic E-state index is 0.0699. The Morgan fingerprint density at radius 1 is 1.30 bits per heavy atom. The van der Waals surface area contributed by atoms with Gasteiger partial charge < -0.3 is 13.9 Å². The molecule has 120 valence electrons. The summed E-state index contributed by atoms with van der Waals surface area (Å²) in [5.41, 5.74) is 0.871. The molecule has 6 heteroatoms. The fourth-order valence-electron chi connectivity index (χ4n) is 1.87. The average Bonchev–Trinajstić information content (AvgIpc) is 2.92. The van der Waals surface area contributed by atoms with Gasteiger partial charge in [0.15, 0.2) is 0 Å². The van der Waals surface area contributed by atoms with Crippen molar-refractivity contribution in [2.24, 2.45) is 0 Å². The first-order valence-corrected chi connectivity index (χ1v) is 6.78. The number of halogens is 1. The Bertz CT molecular complexity index is 745. The topological polar surface area (TPSA) is 65.7 Å². The first-order chi connectivity index (χ1) is 11.0. The normalized spacial score (nSPS) is 10.7. The lowest BCUT2D eigenvalue weighted by Gasteiger charge is -1.99. The van der Waals surface area contributed by atoms with Crippen LogP contribution in [0.25, 0.3) is 6.08 Å². The maximum atomic E-state index is 13.4. The fraction of sp³-hybridized carbons (Fsp3) is 0.176. The lowest BCUT2D eigenvalue weighted by molar-refractivity contribution is -0.139. The van der Waals surface area contributed by atoms with Crippen LogP contribution in [0.3, 0.4) is 0 Å². The maximum absolute atomic E-state index is 13.4. The van der Waals surface area contributed by atoms with Gasteiger partial charge >= 0.3 is 11.9 Å². The highest BCUT2D eigenvalue weighted by atomic mass is 19.1. The summed E-state index contributed by atoms with van der Waals surface area (Å²) < 4.78 is 28.2. The number of carbonyl (C=O) groups is 2. The fourth-order valence-corrected chi connectivity index (χ4v) is 1.87. The molecule has 5 nitrogen and oxygen atoms in total. The number of aryl methyl sites for hydroxylation is 1. The van der Waals surface area contributed by atoms with Crippen molar-refractivity contribution in [1.29, 1.82) is 0 Å². The molecule has 0 N–H and O–H groups in total. The van der Waals surface area contributed by atoms with Crippen molar-refractivity contribution >= 4 is 18.0 Å². The van der Waals surface area contributed by atoms with Gasteiger partial charge in [0.05, 0.1) is 7.11 Å². The number of carbonyl (C=O) groups excluding carboxylic acids is 2. The van der Waals surface area contributed by atoms with Crippen LogP contribution in [0.2, 0.25) is 0 Å². The number of hydrogen-bond acceptors (Lipinski definition) is 5. The SMILES string of the molecule is COC(=O)c1oc(COC(=O)/C=C/c2ccccc2F)cc1C. The predicted octanol–water partition coefficient (Wildman–Crippen LogP) is 3.27. The lowest BCUT2D eigenvalue weighted by atomic mass is 10.2. The third-order valence-electron chi connectivity index (χ3n) is 3.00. The molecule has 23 heavy (non-hydrogen) atoms. The van der Waals surface area contributed by atoms with E-state index in [0.717, 1.165) is 6.08 Å². The molecule has 0 spiro atoms. The highest BCUT2D eigenvalue weighted by Crippen LogP contribution is 2.16. The van der Waals surface area contributed by atoms with E-state index in [2.05, 4.69) is 4.74 Å². The Labute approximate surface area is 132 Å². The molecule has 0 atom stereocenters. The van der Waals surface area contributed by atoms with Gasteiger partial charge in [0.25, 0.3) is 0 Å². The van der Waals surface area contributed by atoms with Gasteiger partial charge in [0.1, 0.15) is 18.2 Å². The number of hydrogen-bond donors (Lipinski definition) is 0. The van der Waals surface area contributed by atoms with Gasteiger partial charge in [-0.15, -0.1) is 0 Å². The Hall–Kier alpha value is -2.89. The van der Waals surface area contributed by atoms with Crippen LogP contribution in [-0.2, 0) is 20.9 Å². The molecule has 2 rings (SSSR count). The van der Waals surface area contributed by atoms with Gasteiger partial charge in [-0.3, -0.25) is 0 Å². The van der Waals surface area contributed by atoms with Crippen LogP contribution in [0, 0.1) is 12.7 Å². The number of ether oxygens (including phenoxy) is 2. The van der Waals surface area contributed by atoms with Crippen molar-refractivity contribution in [3.05, 3.63) is 64.9 Å². The van der Waals surface area contributed by atoms with Gasteiger partial charge in [0.2, 0.25) is 5.76 Å². The zero-order valence-corrected chi connectivity index (χ0v) is 12.7. The van der Waals surface area contributed by atoms with Gasteiger partial charge in [-0.05, 0) is 25.1 Å². The van der Waals surface area contributed by atoms with Crippen LogP contribution in [0.1, 0.15) is 27.4 Å². The standard InChI is InChI=1S/C17H15FO5/c1-11-9-13(23-16(11)17(20)21-2)10-22-15(19)8-7-12-5-3-4-6-14(12)18/h3-9H,10H2,1-2H3/b8-7+. The summed E-state index contributed by atoms with van der Waals surface area (Å²) in [6, 6.07) is 7.64. The molecule has 0 aliphatic carbocycles. The van der Waals surface area contributed by atoms with Crippen LogP contribution in [0.4, 0.5) is 4.39 Å². The first kappa shape index (κ1) is 16.5. The Morgan fingerprint density at radius 2 is 2.04 bits per heavy atom. The largest absolute Gasteiger partial charge is 0.463 e. The number of methoxy groups -OCH3 is 1. The highest BCUT2D eigenvalue weighted by Gasteiger charge is 2.16. The smallest absolute Gasteiger partial charge is 0.374 e. The molecule has 0 amide bonds. The van der Waals surface area contributed by atoms with Crippen LogP contribution < -0.4 is 0 Å². The first-order valence-electron chi connectivity index (χ1n) is 6.78. The number of esters is 2. The summed E-state index contributed by atoms with van der Waals surface area (Å²) in [6.45, 7) is 1.54. The van der Waals surface area contributed by atoms with E-state index >= 15 is 0 Å². The van der Waals surface area contributed by atoms with Gasteiger partial charge in [0, 0.05) is 17.2 Å². The second kappa shape index (κ2) is 7.40. The quantitative estimate of drug-likeness (QED) is 0.625. The van der Waals surface area contributed by atoms with E-state index in [-0.39, 0.29) is 17.9 Å². The van der Waals surface area contributed by atoms with E-state index in [1.807, 2.05) is 0 Å². The molecule has 1 aromatic carbocycles. The average molecular weight is 318 g/mol. The number of rotatable bonds is 5. The van der Waals surface area contributed by atoms with Crippen molar-refractivity contribution in [3.63, 3.8) is 0 Å². The lowest BCUT2D eigenvalue weighted by Crippen LogP contribution is -2.01.